The minimum absolute atomic E-state index is 0.750. The molecular formula is C29H42. The van der Waals surface area contributed by atoms with Crippen LogP contribution in [0, 0.1) is 23.7 Å². The van der Waals surface area contributed by atoms with E-state index in [0.717, 1.165) is 11.8 Å². The van der Waals surface area contributed by atoms with E-state index < -0.39 is 0 Å². The van der Waals surface area contributed by atoms with Gasteiger partial charge in [-0.1, -0.05) is 101 Å². The molecule has 0 amide bonds. The van der Waals surface area contributed by atoms with Gasteiger partial charge >= 0.3 is 0 Å². The van der Waals surface area contributed by atoms with E-state index in [1.165, 1.54) is 94.6 Å². The van der Waals surface area contributed by atoms with Crippen LogP contribution in [-0.2, 0) is 6.42 Å². The Labute approximate surface area is 180 Å². The van der Waals surface area contributed by atoms with E-state index in [0.29, 0.717) is 0 Å². The van der Waals surface area contributed by atoms with Crippen LogP contribution in [0.4, 0.5) is 0 Å². The number of unbranched alkanes of at least 4 members (excludes halogenated alkanes) is 5. The second-order valence-electron chi connectivity index (χ2n) is 8.81. The first-order chi connectivity index (χ1) is 14.3. The molecule has 0 aromatic heterocycles. The van der Waals surface area contributed by atoms with Crippen molar-refractivity contribution in [3.63, 3.8) is 0 Å². The Morgan fingerprint density at radius 2 is 1.48 bits per heavy atom. The van der Waals surface area contributed by atoms with Crippen molar-refractivity contribution in [1.29, 1.82) is 0 Å². The van der Waals surface area contributed by atoms with Gasteiger partial charge < -0.3 is 0 Å². The molecule has 0 saturated heterocycles. The highest BCUT2D eigenvalue weighted by Crippen LogP contribution is 2.32. The number of benzene rings is 1. The molecule has 1 aliphatic carbocycles. The van der Waals surface area contributed by atoms with Gasteiger partial charge in [0.05, 0.1) is 0 Å². The predicted octanol–water partition coefficient (Wildman–Crippen LogP) is 8.77. The number of hydrogen-bond acceptors (Lipinski definition) is 0. The van der Waals surface area contributed by atoms with E-state index >= 15 is 0 Å². The molecule has 0 heterocycles. The first-order valence-electron chi connectivity index (χ1n) is 12.2. The van der Waals surface area contributed by atoms with Gasteiger partial charge in [0.25, 0.3) is 0 Å². The van der Waals surface area contributed by atoms with Gasteiger partial charge in [-0.2, -0.15) is 0 Å². The summed E-state index contributed by atoms with van der Waals surface area (Å²) in [7, 11) is 0. The summed E-state index contributed by atoms with van der Waals surface area (Å²) in [4.78, 5) is 0. The molecular weight excluding hydrogens is 348 g/mol. The van der Waals surface area contributed by atoms with E-state index in [2.05, 4.69) is 68.2 Å². The topological polar surface area (TPSA) is 0 Å². The number of allylic oxidation sites excluding steroid dienone is 3. The monoisotopic (exact) mass is 390 g/mol. The molecule has 0 heteroatoms. The standard InChI is InChI=1S/C29H42/c1-3-5-7-8-11-15-27-22-24-29(25-23-27)17-13-10-9-12-16-28-20-18-26(19-21-28)14-6-4-2/h12-13,16-21,27,29H,3-8,11,14-15,22-25H2,1-2H3/t27-,29-. The zero-order valence-corrected chi connectivity index (χ0v) is 19.0. The quantitative estimate of drug-likeness (QED) is 0.261. The van der Waals surface area contributed by atoms with Crippen molar-refractivity contribution >= 4 is 6.08 Å². The largest absolute Gasteiger partial charge is 0.0730 e. The predicted molar refractivity (Wildman–Crippen MR) is 130 cm³/mol. The van der Waals surface area contributed by atoms with Crippen LogP contribution >= 0.6 is 0 Å². The van der Waals surface area contributed by atoms with E-state index in [-0.39, 0.29) is 0 Å². The minimum Gasteiger partial charge on any atom is -0.0730 e. The van der Waals surface area contributed by atoms with Gasteiger partial charge in [-0.05, 0) is 79.7 Å². The van der Waals surface area contributed by atoms with Gasteiger partial charge in [0.15, 0.2) is 0 Å². The van der Waals surface area contributed by atoms with Gasteiger partial charge in [0.2, 0.25) is 0 Å². The average Bonchev–Trinajstić information content (AvgIpc) is 2.76. The van der Waals surface area contributed by atoms with Crippen molar-refractivity contribution in [2.45, 2.75) is 97.3 Å². The SMILES string of the molecule is CCCCCCC[C@H]1CC[C@H](C=CC#CC=Cc2ccc(CCCC)cc2)CC1. The lowest BCUT2D eigenvalue weighted by Gasteiger charge is -2.26. The Bertz CT molecular complexity index is 642. The van der Waals surface area contributed by atoms with Crippen LogP contribution in [0.3, 0.4) is 0 Å². The molecule has 0 spiro atoms. The molecule has 158 valence electrons. The van der Waals surface area contributed by atoms with Crippen molar-refractivity contribution in [2.75, 3.05) is 0 Å². The molecule has 1 aromatic rings. The molecule has 1 saturated carbocycles. The highest BCUT2D eigenvalue weighted by Gasteiger charge is 2.18. The maximum Gasteiger partial charge on any atom is -0.0109 e. The van der Waals surface area contributed by atoms with Crippen LogP contribution in [0.1, 0.15) is 102 Å². The van der Waals surface area contributed by atoms with Gasteiger partial charge in [-0.15, -0.1) is 0 Å². The molecule has 0 radical (unpaired) electrons. The molecule has 0 nitrogen and oxygen atoms in total. The van der Waals surface area contributed by atoms with Gasteiger partial charge in [0, 0.05) is 0 Å². The van der Waals surface area contributed by atoms with Crippen LogP contribution < -0.4 is 0 Å². The summed E-state index contributed by atoms with van der Waals surface area (Å²) in [5, 5.41) is 0. The summed E-state index contributed by atoms with van der Waals surface area (Å²) >= 11 is 0. The molecule has 1 aromatic carbocycles. The first kappa shape index (κ1) is 23.5. The Morgan fingerprint density at radius 3 is 2.21 bits per heavy atom. The van der Waals surface area contributed by atoms with Crippen molar-refractivity contribution < 1.29 is 0 Å². The van der Waals surface area contributed by atoms with E-state index in [4.69, 9.17) is 0 Å². The summed E-state index contributed by atoms with van der Waals surface area (Å²) in [6.45, 7) is 4.54. The molecule has 1 aliphatic rings. The number of rotatable bonds is 11. The summed E-state index contributed by atoms with van der Waals surface area (Å²) in [6.07, 6.45) is 26.3. The van der Waals surface area contributed by atoms with Crippen LogP contribution in [0.5, 0.6) is 0 Å². The fourth-order valence-electron chi connectivity index (χ4n) is 4.30. The lowest BCUT2D eigenvalue weighted by atomic mass is 9.79. The molecule has 0 aliphatic heterocycles. The van der Waals surface area contributed by atoms with Crippen LogP contribution in [0.2, 0.25) is 0 Å². The summed E-state index contributed by atoms with van der Waals surface area (Å²) in [5.74, 6) is 8.09. The van der Waals surface area contributed by atoms with Crippen molar-refractivity contribution in [1.82, 2.24) is 0 Å². The Morgan fingerprint density at radius 1 is 0.793 bits per heavy atom. The van der Waals surface area contributed by atoms with E-state index in [1.54, 1.807) is 0 Å². The Balaban J connectivity index is 1.62. The maximum absolute atomic E-state index is 3.19. The summed E-state index contributed by atoms with van der Waals surface area (Å²) in [6, 6.07) is 8.87. The van der Waals surface area contributed by atoms with Gasteiger partial charge in [0.1, 0.15) is 0 Å². The zero-order chi connectivity index (χ0) is 20.6. The molecule has 2 rings (SSSR count). The lowest BCUT2D eigenvalue weighted by Crippen LogP contribution is -2.12. The molecule has 0 atom stereocenters. The molecule has 29 heavy (non-hydrogen) atoms. The molecule has 0 unspecified atom stereocenters. The van der Waals surface area contributed by atoms with Gasteiger partial charge in [-0.3, -0.25) is 0 Å². The Kier molecular flexibility index (Phi) is 12.3. The Hall–Kier alpha value is -1.74. The number of hydrogen-bond donors (Lipinski definition) is 0. The molecule has 0 N–H and O–H groups in total. The smallest absolute Gasteiger partial charge is 0.0109 e. The first-order valence-corrected chi connectivity index (χ1v) is 12.2. The van der Waals surface area contributed by atoms with Crippen molar-refractivity contribution in [2.24, 2.45) is 11.8 Å². The lowest BCUT2D eigenvalue weighted by molar-refractivity contribution is 0.288. The number of aryl methyl sites for hydroxylation is 1. The van der Waals surface area contributed by atoms with Crippen LogP contribution in [-0.4, -0.2) is 0 Å². The van der Waals surface area contributed by atoms with Crippen molar-refractivity contribution in [3.05, 3.63) is 53.6 Å². The third-order valence-electron chi connectivity index (χ3n) is 6.30. The zero-order valence-electron chi connectivity index (χ0n) is 19.0. The highest BCUT2D eigenvalue weighted by atomic mass is 14.2. The summed E-state index contributed by atoms with van der Waals surface area (Å²) < 4.78 is 0. The fourth-order valence-corrected chi connectivity index (χ4v) is 4.30. The van der Waals surface area contributed by atoms with Crippen molar-refractivity contribution in [3.8, 4) is 11.8 Å². The van der Waals surface area contributed by atoms with E-state index in [9.17, 15) is 0 Å². The third-order valence-corrected chi connectivity index (χ3v) is 6.30. The minimum atomic E-state index is 0.750. The molecule has 1 fully saturated rings. The van der Waals surface area contributed by atoms with E-state index in [1.807, 2.05) is 6.08 Å². The maximum atomic E-state index is 3.19. The average molecular weight is 391 g/mol. The summed E-state index contributed by atoms with van der Waals surface area (Å²) in [5.41, 5.74) is 2.67. The van der Waals surface area contributed by atoms with Crippen LogP contribution in [0.15, 0.2) is 42.5 Å². The highest BCUT2D eigenvalue weighted by molar-refractivity contribution is 5.53. The third kappa shape index (κ3) is 10.6. The second-order valence-corrected chi connectivity index (χ2v) is 8.81. The second kappa shape index (κ2) is 15.1. The fraction of sp³-hybridized carbons (Fsp3) is 0.586. The van der Waals surface area contributed by atoms with Crippen LogP contribution in [0.25, 0.3) is 6.08 Å². The normalized spacial score (nSPS) is 19.5. The molecule has 0 bridgehead atoms. The van der Waals surface area contributed by atoms with Gasteiger partial charge in [-0.25, -0.2) is 0 Å².